The summed E-state index contributed by atoms with van der Waals surface area (Å²) in [5.41, 5.74) is 0. The third kappa shape index (κ3) is 2.88. The van der Waals surface area contributed by atoms with Crippen LogP contribution in [0.2, 0.25) is 5.15 Å². The summed E-state index contributed by atoms with van der Waals surface area (Å²) < 4.78 is 4.85. The van der Waals surface area contributed by atoms with Gasteiger partial charge in [0.15, 0.2) is 0 Å². The fourth-order valence-electron chi connectivity index (χ4n) is 2.79. The van der Waals surface area contributed by atoms with Crippen LogP contribution >= 0.6 is 22.9 Å². The van der Waals surface area contributed by atoms with E-state index in [4.69, 9.17) is 16.3 Å². The van der Waals surface area contributed by atoms with Gasteiger partial charge in [0, 0.05) is 18.5 Å². The SMILES string of the molecule is COC(=O)C1CN(Cc2nc(Cl)c3ccsc3n2)CC1C. The third-order valence-corrected chi connectivity index (χ3v) is 4.98. The molecule has 112 valence electrons. The molecule has 1 fully saturated rings. The van der Waals surface area contributed by atoms with Gasteiger partial charge in [0.25, 0.3) is 0 Å². The first kappa shape index (κ1) is 14.7. The van der Waals surface area contributed by atoms with Gasteiger partial charge in [0.05, 0.1) is 19.6 Å². The zero-order valence-corrected chi connectivity index (χ0v) is 13.4. The minimum absolute atomic E-state index is 0.0732. The molecule has 0 amide bonds. The van der Waals surface area contributed by atoms with Crippen molar-refractivity contribution >= 4 is 39.1 Å². The van der Waals surface area contributed by atoms with E-state index in [1.165, 1.54) is 7.11 Å². The molecule has 2 unspecified atom stereocenters. The van der Waals surface area contributed by atoms with E-state index < -0.39 is 0 Å². The van der Waals surface area contributed by atoms with Crippen LogP contribution in [0.4, 0.5) is 0 Å². The number of hydrogen-bond acceptors (Lipinski definition) is 6. The Morgan fingerprint density at radius 3 is 3.10 bits per heavy atom. The molecule has 2 atom stereocenters. The lowest BCUT2D eigenvalue weighted by molar-refractivity contribution is -0.146. The van der Waals surface area contributed by atoms with Gasteiger partial charge >= 0.3 is 5.97 Å². The van der Waals surface area contributed by atoms with Crippen molar-refractivity contribution in [2.75, 3.05) is 20.2 Å². The highest BCUT2D eigenvalue weighted by Crippen LogP contribution is 2.27. The molecule has 0 N–H and O–H groups in total. The molecule has 1 aliphatic heterocycles. The molecule has 2 aromatic rings. The predicted octanol–water partition coefficient (Wildman–Crippen LogP) is 2.59. The van der Waals surface area contributed by atoms with Crippen molar-refractivity contribution in [2.24, 2.45) is 11.8 Å². The highest BCUT2D eigenvalue weighted by Gasteiger charge is 2.35. The summed E-state index contributed by atoms with van der Waals surface area (Å²) in [5.74, 6) is 0.764. The summed E-state index contributed by atoms with van der Waals surface area (Å²) in [6.07, 6.45) is 0. The van der Waals surface area contributed by atoms with Crippen molar-refractivity contribution in [2.45, 2.75) is 13.5 Å². The minimum atomic E-state index is -0.141. The summed E-state index contributed by atoms with van der Waals surface area (Å²) in [4.78, 5) is 23.7. The fourth-order valence-corrected chi connectivity index (χ4v) is 3.87. The number of nitrogens with zero attached hydrogens (tertiary/aromatic N) is 3. The number of methoxy groups -OCH3 is 1. The Morgan fingerprint density at radius 1 is 1.52 bits per heavy atom. The molecule has 5 nitrogen and oxygen atoms in total. The van der Waals surface area contributed by atoms with Crippen molar-refractivity contribution in [1.82, 2.24) is 14.9 Å². The molecule has 0 aromatic carbocycles. The van der Waals surface area contributed by atoms with Crippen LogP contribution in [0.5, 0.6) is 0 Å². The van der Waals surface area contributed by atoms with Gasteiger partial charge in [-0.15, -0.1) is 11.3 Å². The number of ether oxygens (including phenoxy) is 1. The van der Waals surface area contributed by atoms with Crippen LogP contribution in [0, 0.1) is 11.8 Å². The quantitative estimate of drug-likeness (QED) is 0.641. The molecule has 21 heavy (non-hydrogen) atoms. The number of halogens is 1. The molecule has 0 aliphatic carbocycles. The molecule has 2 aromatic heterocycles. The van der Waals surface area contributed by atoms with Gasteiger partial charge in [-0.25, -0.2) is 9.97 Å². The number of thiophene rings is 1. The highest BCUT2D eigenvalue weighted by molar-refractivity contribution is 7.16. The van der Waals surface area contributed by atoms with E-state index in [0.717, 1.165) is 16.8 Å². The molecule has 3 rings (SSSR count). The van der Waals surface area contributed by atoms with Gasteiger partial charge < -0.3 is 4.74 Å². The molecular weight excluding hydrogens is 310 g/mol. The molecule has 1 aliphatic rings. The number of esters is 1. The van der Waals surface area contributed by atoms with Gasteiger partial charge in [0.2, 0.25) is 0 Å². The number of fused-ring (bicyclic) bond motifs is 1. The van der Waals surface area contributed by atoms with Gasteiger partial charge in [-0.1, -0.05) is 18.5 Å². The Morgan fingerprint density at radius 2 is 2.33 bits per heavy atom. The molecule has 1 saturated heterocycles. The maximum atomic E-state index is 11.7. The van der Waals surface area contributed by atoms with Crippen molar-refractivity contribution in [3.05, 3.63) is 22.4 Å². The van der Waals surface area contributed by atoms with Crippen LogP contribution in [0.3, 0.4) is 0 Å². The van der Waals surface area contributed by atoms with E-state index in [2.05, 4.69) is 21.8 Å². The summed E-state index contributed by atoms with van der Waals surface area (Å²) in [7, 11) is 1.44. The van der Waals surface area contributed by atoms with Gasteiger partial charge in [-0.05, 0) is 17.4 Å². The number of carbonyl (C=O) groups is 1. The zero-order valence-electron chi connectivity index (χ0n) is 11.9. The highest BCUT2D eigenvalue weighted by atomic mass is 35.5. The van der Waals surface area contributed by atoms with Crippen LogP contribution < -0.4 is 0 Å². The Hall–Kier alpha value is -1.24. The predicted molar refractivity (Wildman–Crippen MR) is 82.4 cm³/mol. The lowest BCUT2D eigenvalue weighted by Gasteiger charge is -2.14. The average Bonchev–Trinajstić information content (AvgIpc) is 3.05. The smallest absolute Gasteiger partial charge is 0.310 e. The first-order chi connectivity index (χ1) is 10.1. The van der Waals surface area contributed by atoms with E-state index in [0.29, 0.717) is 24.1 Å². The second kappa shape index (κ2) is 5.87. The van der Waals surface area contributed by atoms with E-state index in [-0.39, 0.29) is 17.8 Å². The van der Waals surface area contributed by atoms with E-state index in [9.17, 15) is 4.79 Å². The number of rotatable bonds is 3. The van der Waals surface area contributed by atoms with Crippen LogP contribution in [-0.4, -0.2) is 41.0 Å². The normalized spacial score (nSPS) is 22.8. The van der Waals surface area contributed by atoms with E-state index >= 15 is 0 Å². The molecule has 0 spiro atoms. The average molecular weight is 326 g/mol. The largest absolute Gasteiger partial charge is 0.469 e. The molecule has 7 heteroatoms. The first-order valence-electron chi connectivity index (χ1n) is 6.78. The maximum Gasteiger partial charge on any atom is 0.310 e. The monoisotopic (exact) mass is 325 g/mol. The Kier molecular flexibility index (Phi) is 4.10. The summed E-state index contributed by atoms with van der Waals surface area (Å²) >= 11 is 7.74. The number of carbonyl (C=O) groups excluding carboxylic acids is 1. The van der Waals surface area contributed by atoms with E-state index in [1.54, 1.807) is 11.3 Å². The molecule has 0 radical (unpaired) electrons. The molecular formula is C14H16ClN3O2S. The zero-order chi connectivity index (χ0) is 15.0. The van der Waals surface area contributed by atoms with Crippen molar-refractivity contribution < 1.29 is 9.53 Å². The summed E-state index contributed by atoms with van der Waals surface area (Å²) in [6.45, 7) is 4.18. The van der Waals surface area contributed by atoms with Crippen LogP contribution in [0.25, 0.3) is 10.2 Å². The Labute approximate surface area is 131 Å². The van der Waals surface area contributed by atoms with Crippen LogP contribution in [-0.2, 0) is 16.1 Å². The van der Waals surface area contributed by atoms with Gasteiger partial charge in [-0.3, -0.25) is 9.69 Å². The summed E-state index contributed by atoms with van der Waals surface area (Å²) in [5, 5.41) is 3.35. The van der Waals surface area contributed by atoms with Crippen molar-refractivity contribution in [3.8, 4) is 0 Å². The molecule has 3 heterocycles. The van der Waals surface area contributed by atoms with Crippen LogP contribution in [0.1, 0.15) is 12.7 Å². The Balaban J connectivity index is 1.75. The second-order valence-electron chi connectivity index (χ2n) is 5.37. The first-order valence-corrected chi connectivity index (χ1v) is 8.04. The Bertz CT molecular complexity index is 675. The fraction of sp³-hybridized carbons (Fsp3) is 0.500. The summed E-state index contributed by atoms with van der Waals surface area (Å²) in [6, 6.07) is 1.93. The number of hydrogen-bond donors (Lipinski definition) is 0. The third-order valence-electron chi connectivity index (χ3n) is 3.88. The minimum Gasteiger partial charge on any atom is -0.469 e. The van der Waals surface area contributed by atoms with Crippen LogP contribution in [0.15, 0.2) is 11.4 Å². The lowest BCUT2D eigenvalue weighted by atomic mass is 9.99. The van der Waals surface area contributed by atoms with Crippen molar-refractivity contribution in [3.63, 3.8) is 0 Å². The lowest BCUT2D eigenvalue weighted by Crippen LogP contribution is -2.25. The topological polar surface area (TPSA) is 55.3 Å². The van der Waals surface area contributed by atoms with Gasteiger partial charge in [-0.2, -0.15) is 0 Å². The van der Waals surface area contributed by atoms with Crippen molar-refractivity contribution in [1.29, 1.82) is 0 Å². The number of likely N-dealkylation sites (tertiary alicyclic amines) is 1. The second-order valence-corrected chi connectivity index (χ2v) is 6.62. The molecule has 0 bridgehead atoms. The van der Waals surface area contributed by atoms with Gasteiger partial charge in [0.1, 0.15) is 15.8 Å². The maximum absolute atomic E-state index is 11.7. The molecule has 0 saturated carbocycles. The standard InChI is InChI=1S/C14H16ClN3O2S/c1-8-5-18(6-10(8)14(19)20-2)7-11-16-12(15)9-3-4-21-13(9)17-11/h3-4,8,10H,5-7H2,1-2H3. The number of aromatic nitrogens is 2. The van der Waals surface area contributed by atoms with E-state index in [1.807, 2.05) is 11.4 Å².